The van der Waals surface area contributed by atoms with Crippen molar-refractivity contribution in [2.75, 3.05) is 26.3 Å². The summed E-state index contributed by atoms with van der Waals surface area (Å²) in [5.41, 5.74) is -1.08. The number of hydrogen-bond donors (Lipinski definition) is 4. The zero-order valence-electron chi connectivity index (χ0n) is 13.1. The van der Waals surface area contributed by atoms with Crippen LogP contribution in [0.5, 0.6) is 0 Å². The molecule has 128 valence electrons. The van der Waals surface area contributed by atoms with Crippen molar-refractivity contribution in [1.29, 1.82) is 0 Å². The molecule has 1 aliphatic rings. The third-order valence-corrected chi connectivity index (χ3v) is 4.76. The van der Waals surface area contributed by atoms with Gasteiger partial charge < -0.3 is 20.8 Å². The van der Waals surface area contributed by atoms with E-state index in [1.54, 1.807) is 18.3 Å². The van der Waals surface area contributed by atoms with Gasteiger partial charge >= 0.3 is 0 Å². The lowest BCUT2D eigenvalue weighted by molar-refractivity contribution is -0.135. The highest BCUT2D eigenvalue weighted by Gasteiger charge is 2.33. The molecular formula is C15H23N3O4S. The van der Waals surface area contributed by atoms with Crippen LogP contribution >= 0.6 is 11.3 Å². The van der Waals surface area contributed by atoms with Crippen molar-refractivity contribution in [3.05, 3.63) is 22.4 Å². The summed E-state index contributed by atoms with van der Waals surface area (Å²) in [7, 11) is 0. The molecule has 0 radical (unpaired) electrons. The number of carbonyl (C=O) groups excluding carboxylic acids is 2. The largest absolute Gasteiger partial charge is 0.394 e. The molecule has 7 nitrogen and oxygen atoms in total. The second-order valence-corrected chi connectivity index (χ2v) is 7.02. The molecule has 2 rings (SSSR count). The minimum absolute atomic E-state index is 0.00714. The molecule has 1 aromatic rings. The molecule has 23 heavy (non-hydrogen) atoms. The Kier molecular flexibility index (Phi) is 6.11. The Hall–Kier alpha value is -1.48. The average Bonchev–Trinajstić information content (AvgIpc) is 3.03. The highest BCUT2D eigenvalue weighted by atomic mass is 32.1. The summed E-state index contributed by atoms with van der Waals surface area (Å²) in [6.45, 7) is 2.68. The number of amides is 2. The van der Waals surface area contributed by atoms with Crippen LogP contribution in [0.3, 0.4) is 0 Å². The second-order valence-electron chi connectivity index (χ2n) is 5.99. The van der Waals surface area contributed by atoms with Crippen LogP contribution in [0.25, 0.3) is 0 Å². The number of nitrogens with one attached hydrogen (secondary N) is 2. The summed E-state index contributed by atoms with van der Waals surface area (Å²) in [6, 6.07) is 3.41. The van der Waals surface area contributed by atoms with Gasteiger partial charge in [0.2, 0.25) is 11.8 Å². The highest BCUT2D eigenvalue weighted by molar-refractivity contribution is 7.09. The standard InChI is InChI=1S/C15H23N3O4S/c1-15(9-19,10-20)17-13(21)7-12-14(22)16-4-5-18(12)8-11-3-2-6-23-11/h2-3,6,12,19-20H,4-5,7-10H2,1H3,(H,16,22)(H,17,21)/t12-/m0/s1. The first-order valence-corrected chi connectivity index (χ1v) is 8.42. The molecule has 0 unspecified atom stereocenters. The van der Waals surface area contributed by atoms with Crippen molar-refractivity contribution < 1.29 is 19.8 Å². The van der Waals surface area contributed by atoms with Gasteiger partial charge in [0.1, 0.15) is 0 Å². The van der Waals surface area contributed by atoms with Crippen molar-refractivity contribution >= 4 is 23.2 Å². The van der Waals surface area contributed by atoms with Crippen LogP contribution in [-0.4, -0.2) is 64.8 Å². The molecule has 8 heteroatoms. The van der Waals surface area contributed by atoms with Gasteiger partial charge in [-0.2, -0.15) is 0 Å². The van der Waals surface area contributed by atoms with Crippen LogP contribution < -0.4 is 10.6 Å². The van der Waals surface area contributed by atoms with Crippen LogP contribution in [0, 0.1) is 0 Å². The Bertz CT molecular complexity index is 531. The summed E-state index contributed by atoms with van der Waals surface area (Å²) in [5.74, 6) is -0.536. The van der Waals surface area contributed by atoms with Gasteiger partial charge in [-0.25, -0.2) is 0 Å². The maximum atomic E-state index is 12.2. The van der Waals surface area contributed by atoms with E-state index in [2.05, 4.69) is 10.6 Å². The average molecular weight is 341 g/mol. The third-order valence-electron chi connectivity index (χ3n) is 3.90. The monoisotopic (exact) mass is 341 g/mol. The Morgan fingerprint density at radius 2 is 2.26 bits per heavy atom. The molecular weight excluding hydrogens is 318 g/mol. The van der Waals surface area contributed by atoms with Crippen molar-refractivity contribution in [2.45, 2.75) is 31.5 Å². The summed E-state index contributed by atoms with van der Waals surface area (Å²) in [6.07, 6.45) is -0.00714. The number of aliphatic hydroxyl groups is 2. The number of piperazine rings is 1. The number of carbonyl (C=O) groups is 2. The van der Waals surface area contributed by atoms with E-state index in [0.717, 1.165) is 4.88 Å². The number of thiophene rings is 1. The highest BCUT2D eigenvalue weighted by Crippen LogP contribution is 2.17. The van der Waals surface area contributed by atoms with Gasteiger partial charge in [-0.1, -0.05) is 6.07 Å². The van der Waals surface area contributed by atoms with Crippen LogP contribution in [-0.2, 0) is 16.1 Å². The fourth-order valence-electron chi connectivity index (χ4n) is 2.47. The molecule has 2 heterocycles. The lowest BCUT2D eigenvalue weighted by atomic mass is 10.0. The van der Waals surface area contributed by atoms with Crippen molar-refractivity contribution in [3.8, 4) is 0 Å². The van der Waals surface area contributed by atoms with Gasteiger partial charge in [-0.15, -0.1) is 11.3 Å². The predicted molar refractivity (Wildman–Crippen MR) is 86.9 cm³/mol. The van der Waals surface area contributed by atoms with E-state index in [1.165, 1.54) is 0 Å². The van der Waals surface area contributed by atoms with E-state index >= 15 is 0 Å². The molecule has 0 spiro atoms. The molecule has 2 amide bonds. The molecule has 1 aromatic heterocycles. The minimum Gasteiger partial charge on any atom is -0.394 e. The Balaban J connectivity index is 2.01. The summed E-state index contributed by atoms with van der Waals surface area (Å²) < 4.78 is 0. The lowest BCUT2D eigenvalue weighted by Gasteiger charge is -2.35. The van der Waals surface area contributed by atoms with Crippen LogP contribution in [0.2, 0.25) is 0 Å². The molecule has 0 bridgehead atoms. The van der Waals surface area contributed by atoms with E-state index in [-0.39, 0.29) is 31.4 Å². The number of aliphatic hydroxyl groups excluding tert-OH is 2. The van der Waals surface area contributed by atoms with Gasteiger partial charge in [-0.05, 0) is 18.4 Å². The van der Waals surface area contributed by atoms with Crippen molar-refractivity contribution in [2.24, 2.45) is 0 Å². The number of hydrogen-bond acceptors (Lipinski definition) is 6. The quantitative estimate of drug-likeness (QED) is 0.525. The van der Waals surface area contributed by atoms with E-state index < -0.39 is 11.6 Å². The van der Waals surface area contributed by atoms with Crippen molar-refractivity contribution in [3.63, 3.8) is 0 Å². The molecule has 0 aromatic carbocycles. The first kappa shape index (κ1) is 17.9. The first-order chi connectivity index (χ1) is 11.0. The minimum atomic E-state index is -1.08. The maximum Gasteiger partial charge on any atom is 0.237 e. The van der Waals surface area contributed by atoms with Gasteiger partial charge in [-0.3, -0.25) is 14.5 Å². The summed E-state index contributed by atoms with van der Waals surface area (Å²) in [4.78, 5) is 27.5. The van der Waals surface area contributed by atoms with E-state index in [4.69, 9.17) is 0 Å². The predicted octanol–water partition coefficient (Wildman–Crippen LogP) is -0.702. The SMILES string of the molecule is CC(CO)(CO)NC(=O)C[C@H]1C(=O)NCCN1Cc1cccs1. The molecule has 1 atom stereocenters. The van der Waals surface area contributed by atoms with Crippen LogP contribution in [0.15, 0.2) is 17.5 Å². The zero-order chi connectivity index (χ0) is 16.9. The Morgan fingerprint density at radius 1 is 1.52 bits per heavy atom. The van der Waals surface area contributed by atoms with Crippen LogP contribution in [0.4, 0.5) is 0 Å². The molecule has 0 aliphatic carbocycles. The Morgan fingerprint density at radius 3 is 2.87 bits per heavy atom. The lowest BCUT2D eigenvalue weighted by Crippen LogP contribution is -2.58. The Labute approximate surface area is 139 Å². The van der Waals surface area contributed by atoms with Crippen LogP contribution in [0.1, 0.15) is 18.2 Å². The fourth-order valence-corrected chi connectivity index (χ4v) is 3.20. The van der Waals surface area contributed by atoms with Gasteiger partial charge in [0.05, 0.1) is 31.2 Å². The molecule has 1 fully saturated rings. The summed E-state index contributed by atoms with van der Waals surface area (Å²) >= 11 is 1.62. The number of rotatable bonds is 7. The fraction of sp³-hybridized carbons (Fsp3) is 0.600. The maximum absolute atomic E-state index is 12.2. The molecule has 4 N–H and O–H groups in total. The van der Waals surface area contributed by atoms with Crippen molar-refractivity contribution in [1.82, 2.24) is 15.5 Å². The number of nitrogens with zero attached hydrogens (tertiary/aromatic N) is 1. The third kappa shape index (κ3) is 4.74. The topological polar surface area (TPSA) is 102 Å². The van der Waals surface area contributed by atoms with Gasteiger partial charge in [0.25, 0.3) is 0 Å². The zero-order valence-corrected chi connectivity index (χ0v) is 13.9. The molecule has 1 saturated heterocycles. The smallest absolute Gasteiger partial charge is 0.237 e. The van der Waals surface area contributed by atoms with E-state index in [9.17, 15) is 19.8 Å². The van der Waals surface area contributed by atoms with Gasteiger partial charge in [0, 0.05) is 24.5 Å². The summed E-state index contributed by atoms with van der Waals surface area (Å²) in [5, 5.41) is 25.9. The molecule has 1 aliphatic heterocycles. The first-order valence-electron chi connectivity index (χ1n) is 7.54. The van der Waals surface area contributed by atoms with Gasteiger partial charge in [0.15, 0.2) is 0 Å². The molecule has 0 saturated carbocycles. The normalized spacial score (nSPS) is 19.4. The second kappa shape index (κ2) is 7.87. The van der Waals surface area contributed by atoms with E-state index in [0.29, 0.717) is 19.6 Å². The van der Waals surface area contributed by atoms with E-state index in [1.807, 2.05) is 22.4 Å².